The van der Waals surface area contributed by atoms with E-state index in [1.165, 1.54) is 12.8 Å². The number of hydrogen-bond acceptors (Lipinski definition) is 1. The molecule has 2 amide bonds. The van der Waals surface area contributed by atoms with Crippen molar-refractivity contribution in [3.63, 3.8) is 0 Å². The van der Waals surface area contributed by atoms with Gasteiger partial charge in [0.15, 0.2) is 0 Å². The van der Waals surface area contributed by atoms with Gasteiger partial charge in [0.25, 0.3) is 0 Å². The number of benzene rings is 1. The van der Waals surface area contributed by atoms with Crippen LogP contribution in [0.1, 0.15) is 50.6 Å². The molecule has 1 fully saturated rings. The number of hydrogen-bond donors (Lipinski definition) is 2. The molecule has 1 aromatic rings. The average Bonchev–Trinajstić information content (AvgIpc) is 2.90. The van der Waals surface area contributed by atoms with Gasteiger partial charge in [0.1, 0.15) is 0 Å². The zero-order valence-electron chi connectivity index (χ0n) is 11.3. The first-order valence-electron chi connectivity index (χ1n) is 7.01. The van der Waals surface area contributed by atoms with Gasteiger partial charge >= 0.3 is 6.03 Å². The van der Waals surface area contributed by atoms with Crippen molar-refractivity contribution in [2.24, 2.45) is 0 Å². The highest BCUT2D eigenvalue weighted by atomic mass is 35.5. The van der Waals surface area contributed by atoms with Crippen LogP contribution in [-0.2, 0) is 0 Å². The highest BCUT2D eigenvalue weighted by Crippen LogP contribution is 2.20. The van der Waals surface area contributed by atoms with Crippen LogP contribution in [0.2, 0.25) is 5.02 Å². The topological polar surface area (TPSA) is 41.1 Å². The minimum absolute atomic E-state index is 0.0404. The summed E-state index contributed by atoms with van der Waals surface area (Å²) in [7, 11) is 0. The Hall–Kier alpha value is -1.22. The summed E-state index contributed by atoms with van der Waals surface area (Å²) in [5, 5.41) is 6.80. The maximum absolute atomic E-state index is 12.0. The van der Waals surface area contributed by atoms with E-state index in [4.69, 9.17) is 11.6 Å². The van der Waals surface area contributed by atoms with E-state index in [0.717, 1.165) is 24.8 Å². The van der Waals surface area contributed by atoms with Gasteiger partial charge in [-0.3, -0.25) is 0 Å². The van der Waals surface area contributed by atoms with Crippen molar-refractivity contribution in [1.82, 2.24) is 10.6 Å². The molecule has 1 aromatic carbocycles. The lowest BCUT2D eigenvalue weighted by atomic mass is 10.1. The molecule has 0 aromatic heterocycles. The van der Waals surface area contributed by atoms with Gasteiger partial charge in [-0.1, -0.05) is 43.5 Å². The van der Waals surface area contributed by atoms with E-state index in [2.05, 4.69) is 17.6 Å². The summed E-state index contributed by atoms with van der Waals surface area (Å²) in [6.07, 6.45) is 5.51. The standard InChI is InChI=1S/C15H21ClN2O/c1-2-14(11-7-9-12(16)10-8-11)18-15(19)17-13-5-3-4-6-13/h7-10,13-14H,2-6H2,1H3,(H2,17,18,19). The van der Waals surface area contributed by atoms with Crippen molar-refractivity contribution in [3.05, 3.63) is 34.9 Å². The molecule has 2 N–H and O–H groups in total. The Morgan fingerprint density at radius 2 is 1.95 bits per heavy atom. The fourth-order valence-electron chi connectivity index (χ4n) is 2.57. The number of nitrogens with one attached hydrogen (secondary N) is 2. The third kappa shape index (κ3) is 4.13. The first-order valence-corrected chi connectivity index (χ1v) is 7.39. The largest absolute Gasteiger partial charge is 0.335 e. The second-order valence-electron chi connectivity index (χ2n) is 5.11. The average molecular weight is 281 g/mol. The van der Waals surface area contributed by atoms with Gasteiger partial charge in [0, 0.05) is 11.1 Å². The molecule has 1 unspecified atom stereocenters. The maximum atomic E-state index is 12.0. The number of carbonyl (C=O) groups is 1. The molecule has 2 rings (SSSR count). The second kappa shape index (κ2) is 6.80. The number of amides is 2. The van der Waals surface area contributed by atoms with Crippen LogP contribution in [0.4, 0.5) is 4.79 Å². The van der Waals surface area contributed by atoms with Crippen molar-refractivity contribution in [2.75, 3.05) is 0 Å². The summed E-state index contributed by atoms with van der Waals surface area (Å²) in [5.41, 5.74) is 1.09. The molecule has 1 aliphatic rings. The Bertz CT molecular complexity index is 413. The molecule has 0 saturated heterocycles. The predicted octanol–water partition coefficient (Wildman–Crippen LogP) is 4.03. The molecular weight excluding hydrogens is 260 g/mol. The van der Waals surface area contributed by atoms with E-state index in [0.29, 0.717) is 11.1 Å². The summed E-state index contributed by atoms with van der Waals surface area (Å²) in [6, 6.07) is 7.97. The molecule has 104 valence electrons. The van der Waals surface area contributed by atoms with Crippen LogP contribution in [0.5, 0.6) is 0 Å². The smallest absolute Gasteiger partial charge is 0.315 e. The van der Waals surface area contributed by atoms with Gasteiger partial charge in [0.05, 0.1) is 6.04 Å². The fraction of sp³-hybridized carbons (Fsp3) is 0.533. The van der Waals surface area contributed by atoms with E-state index in [9.17, 15) is 4.79 Å². The lowest BCUT2D eigenvalue weighted by molar-refractivity contribution is 0.233. The zero-order chi connectivity index (χ0) is 13.7. The molecule has 0 spiro atoms. The zero-order valence-corrected chi connectivity index (χ0v) is 12.0. The van der Waals surface area contributed by atoms with Crippen LogP contribution < -0.4 is 10.6 Å². The minimum atomic E-state index is -0.0614. The van der Waals surface area contributed by atoms with E-state index >= 15 is 0 Å². The number of carbonyl (C=O) groups excluding carboxylic acids is 1. The van der Waals surface area contributed by atoms with Gasteiger partial charge in [-0.05, 0) is 37.0 Å². The predicted molar refractivity (Wildman–Crippen MR) is 78.4 cm³/mol. The van der Waals surface area contributed by atoms with Gasteiger partial charge in [-0.25, -0.2) is 4.79 Å². The SMILES string of the molecule is CCC(NC(=O)NC1CCCC1)c1ccc(Cl)cc1. The molecule has 1 aliphatic carbocycles. The Labute approximate surface area is 119 Å². The van der Waals surface area contributed by atoms with Crippen LogP contribution in [0, 0.1) is 0 Å². The van der Waals surface area contributed by atoms with Crippen molar-refractivity contribution < 1.29 is 4.79 Å². The normalized spacial score (nSPS) is 17.2. The van der Waals surface area contributed by atoms with E-state index in [1.807, 2.05) is 24.3 Å². The lowest BCUT2D eigenvalue weighted by Crippen LogP contribution is -2.42. The quantitative estimate of drug-likeness (QED) is 0.859. The van der Waals surface area contributed by atoms with E-state index in [1.54, 1.807) is 0 Å². The van der Waals surface area contributed by atoms with Gasteiger partial charge < -0.3 is 10.6 Å². The molecule has 1 saturated carbocycles. The molecule has 0 bridgehead atoms. The third-order valence-electron chi connectivity index (χ3n) is 3.68. The summed E-state index contributed by atoms with van der Waals surface area (Å²) < 4.78 is 0. The van der Waals surface area contributed by atoms with Crippen LogP contribution in [0.3, 0.4) is 0 Å². The van der Waals surface area contributed by atoms with Crippen LogP contribution in [0.15, 0.2) is 24.3 Å². The molecule has 3 nitrogen and oxygen atoms in total. The summed E-state index contributed by atoms with van der Waals surface area (Å²) in [5.74, 6) is 0. The number of urea groups is 1. The third-order valence-corrected chi connectivity index (χ3v) is 3.93. The second-order valence-corrected chi connectivity index (χ2v) is 5.55. The van der Waals surface area contributed by atoms with Crippen molar-refractivity contribution in [2.45, 2.75) is 51.1 Å². The number of halogens is 1. The molecule has 19 heavy (non-hydrogen) atoms. The Morgan fingerprint density at radius 1 is 1.32 bits per heavy atom. The molecule has 0 aliphatic heterocycles. The first kappa shape index (κ1) is 14.2. The lowest BCUT2D eigenvalue weighted by Gasteiger charge is -2.20. The highest BCUT2D eigenvalue weighted by Gasteiger charge is 2.19. The highest BCUT2D eigenvalue weighted by molar-refractivity contribution is 6.30. The fourth-order valence-corrected chi connectivity index (χ4v) is 2.70. The molecule has 0 radical (unpaired) electrons. The minimum Gasteiger partial charge on any atom is -0.335 e. The van der Waals surface area contributed by atoms with Crippen LogP contribution in [-0.4, -0.2) is 12.1 Å². The molecule has 1 atom stereocenters. The summed E-state index contributed by atoms with van der Waals surface area (Å²) >= 11 is 5.88. The van der Waals surface area contributed by atoms with Crippen molar-refractivity contribution in [3.8, 4) is 0 Å². The molecule has 4 heteroatoms. The number of rotatable bonds is 4. The maximum Gasteiger partial charge on any atom is 0.315 e. The first-order chi connectivity index (χ1) is 9.19. The van der Waals surface area contributed by atoms with Crippen LogP contribution in [0.25, 0.3) is 0 Å². The van der Waals surface area contributed by atoms with E-state index in [-0.39, 0.29) is 12.1 Å². The van der Waals surface area contributed by atoms with Crippen LogP contribution >= 0.6 is 11.6 Å². The Kier molecular flexibility index (Phi) is 5.08. The Balaban J connectivity index is 1.90. The van der Waals surface area contributed by atoms with E-state index < -0.39 is 0 Å². The molecule has 0 heterocycles. The monoisotopic (exact) mass is 280 g/mol. The summed E-state index contributed by atoms with van der Waals surface area (Å²) in [4.78, 5) is 12.0. The Morgan fingerprint density at radius 3 is 2.53 bits per heavy atom. The van der Waals surface area contributed by atoms with Crippen molar-refractivity contribution in [1.29, 1.82) is 0 Å². The van der Waals surface area contributed by atoms with Gasteiger partial charge in [-0.2, -0.15) is 0 Å². The molecular formula is C15H21ClN2O. The summed E-state index contributed by atoms with van der Waals surface area (Å²) in [6.45, 7) is 2.06. The van der Waals surface area contributed by atoms with Gasteiger partial charge in [0.2, 0.25) is 0 Å². The van der Waals surface area contributed by atoms with Crippen molar-refractivity contribution >= 4 is 17.6 Å². The van der Waals surface area contributed by atoms with Gasteiger partial charge in [-0.15, -0.1) is 0 Å².